The Hall–Kier alpha value is -3.22. The first-order valence-corrected chi connectivity index (χ1v) is 7.93. The molecule has 1 amide bonds. The Kier molecular flexibility index (Phi) is 7.30. The van der Waals surface area contributed by atoms with E-state index in [1.54, 1.807) is 50.6 Å². The Labute approximate surface area is 151 Å². The van der Waals surface area contributed by atoms with Crippen molar-refractivity contribution >= 4 is 11.9 Å². The SMILES string of the molecule is COc1ccc(CNC(=O)COC(=O)COc2ccc(OC)cc2)cc1. The van der Waals surface area contributed by atoms with E-state index in [1.807, 2.05) is 12.1 Å². The van der Waals surface area contributed by atoms with Crippen molar-refractivity contribution < 1.29 is 28.5 Å². The van der Waals surface area contributed by atoms with Crippen molar-refractivity contribution in [1.29, 1.82) is 0 Å². The summed E-state index contributed by atoms with van der Waals surface area (Å²) < 4.78 is 20.2. The van der Waals surface area contributed by atoms with Gasteiger partial charge in [-0.15, -0.1) is 0 Å². The van der Waals surface area contributed by atoms with Crippen LogP contribution in [0.15, 0.2) is 48.5 Å². The molecule has 7 heteroatoms. The predicted molar refractivity (Wildman–Crippen MR) is 94.3 cm³/mol. The first-order chi connectivity index (χ1) is 12.6. The number of methoxy groups -OCH3 is 2. The molecule has 2 rings (SSSR count). The quantitative estimate of drug-likeness (QED) is 0.689. The van der Waals surface area contributed by atoms with Gasteiger partial charge >= 0.3 is 5.97 Å². The summed E-state index contributed by atoms with van der Waals surface area (Å²) in [5, 5.41) is 2.67. The molecule has 7 nitrogen and oxygen atoms in total. The molecule has 0 heterocycles. The van der Waals surface area contributed by atoms with Crippen LogP contribution < -0.4 is 19.5 Å². The lowest BCUT2D eigenvalue weighted by atomic mass is 10.2. The number of hydrogen-bond donors (Lipinski definition) is 1. The fraction of sp³-hybridized carbons (Fsp3) is 0.263. The first kappa shape index (κ1) is 19.1. The highest BCUT2D eigenvalue weighted by atomic mass is 16.6. The van der Waals surface area contributed by atoms with E-state index in [4.69, 9.17) is 18.9 Å². The van der Waals surface area contributed by atoms with E-state index in [2.05, 4.69) is 5.32 Å². The molecule has 0 saturated carbocycles. The van der Waals surface area contributed by atoms with Gasteiger partial charge in [-0.3, -0.25) is 4.79 Å². The minimum atomic E-state index is -0.625. The molecule has 138 valence electrons. The van der Waals surface area contributed by atoms with E-state index in [9.17, 15) is 9.59 Å². The molecule has 0 atom stereocenters. The van der Waals surface area contributed by atoms with Crippen LogP contribution in [0.2, 0.25) is 0 Å². The molecule has 0 aliphatic rings. The van der Waals surface area contributed by atoms with Gasteiger partial charge in [0.25, 0.3) is 5.91 Å². The summed E-state index contributed by atoms with van der Waals surface area (Å²) in [5.41, 5.74) is 0.910. The number of carbonyl (C=O) groups excluding carboxylic acids is 2. The molecule has 0 saturated heterocycles. The molecular formula is C19H21NO6. The largest absolute Gasteiger partial charge is 0.497 e. The van der Waals surface area contributed by atoms with Crippen molar-refractivity contribution in [3.63, 3.8) is 0 Å². The van der Waals surface area contributed by atoms with Crippen molar-refractivity contribution in [2.75, 3.05) is 27.4 Å². The van der Waals surface area contributed by atoms with Gasteiger partial charge < -0.3 is 24.3 Å². The molecular weight excluding hydrogens is 338 g/mol. The Morgan fingerprint density at radius 2 is 1.35 bits per heavy atom. The van der Waals surface area contributed by atoms with Crippen LogP contribution in [0.1, 0.15) is 5.56 Å². The van der Waals surface area contributed by atoms with Gasteiger partial charge in [-0.1, -0.05) is 12.1 Å². The van der Waals surface area contributed by atoms with E-state index in [-0.39, 0.29) is 13.2 Å². The van der Waals surface area contributed by atoms with Crippen LogP contribution in [0, 0.1) is 0 Å². The lowest BCUT2D eigenvalue weighted by Gasteiger charge is -2.09. The number of esters is 1. The fourth-order valence-electron chi connectivity index (χ4n) is 2.00. The normalized spacial score (nSPS) is 9.92. The summed E-state index contributed by atoms with van der Waals surface area (Å²) in [6, 6.07) is 14.1. The zero-order valence-electron chi connectivity index (χ0n) is 14.7. The van der Waals surface area contributed by atoms with Gasteiger partial charge in [0.1, 0.15) is 17.2 Å². The van der Waals surface area contributed by atoms with Gasteiger partial charge in [-0.2, -0.15) is 0 Å². The van der Waals surface area contributed by atoms with Crippen LogP contribution in [-0.4, -0.2) is 39.3 Å². The molecule has 26 heavy (non-hydrogen) atoms. The minimum absolute atomic E-state index is 0.280. The molecule has 1 N–H and O–H groups in total. The number of benzene rings is 2. The van der Waals surface area contributed by atoms with Crippen molar-refractivity contribution in [3.05, 3.63) is 54.1 Å². The molecule has 0 radical (unpaired) electrons. The molecule has 0 bridgehead atoms. The third kappa shape index (κ3) is 6.35. The average Bonchev–Trinajstić information content (AvgIpc) is 2.69. The van der Waals surface area contributed by atoms with Crippen LogP contribution in [0.3, 0.4) is 0 Å². The third-order valence-corrected chi connectivity index (χ3v) is 3.43. The van der Waals surface area contributed by atoms with Crippen molar-refractivity contribution in [3.8, 4) is 17.2 Å². The maximum atomic E-state index is 11.7. The van der Waals surface area contributed by atoms with E-state index in [0.717, 1.165) is 11.3 Å². The van der Waals surface area contributed by atoms with Crippen LogP contribution in [0.25, 0.3) is 0 Å². The second kappa shape index (κ2) is 9.93. The Morgan fingerprint density at radius 3 is 1.92 bits per heavy atom. The van der Waals surface area contributed by atoms with E-state index in [0.29, 0.717) is 18.0 Å². The van der Waals surface area contributed by atoms with Gasteiger partial charge in [0.2, 0.25) is 0 Å². The van der Waals surface area contributed by atoms with E-state index in [1.165, 1.54) is 0 Å². The summed E-state index contributed by atoms with van der Waals surface area (Å²) >= 11 is 0. The standard InChI is InChI=1S/C19H21NO6/c1-23-15-5-3-14(4-6-15)11-20-18(21)12-26-19(22)13-25-17-9-7-16(24-2)8-10-17/h3-10H,11-13H2,1-2H3,(H,20,21). The Bertz CT molecular complexity index is 648. The van der Waals surface area contributed by atoms with Crippen molar-refractivity contribution in [2.24, 2.45) is 0 Å². The summed E-state index contributed by atoms with van der Waals surface area (Å²) in [6.45, 7) is -0.304. The number of ether oxygens (including phenoxy) is 4. The first-order valence-electron chi connectivity index (χ1n) is 7.93. The van der Waals surface area contributed by atoms with E-state index >= 15 is 0 Å². The van der Waals surface area contributed by atoms with Gasteiger partial charge in [0, 0.05) is 6.54 Å². The third-order valence-electron chi connectivity index (χ3n) is 3.43. The number of hydrogen-bond acceptors (Lipinski definition) is 6. The van der Waals surface area contributed by atoms with Gasteiger partial charge in [0.05, 0.1) is 14.2 Å². The van der Waals surface area contributed by atoms with Crippen molar-refractivity contribution in [1.82, 2.24) is 5.32 Å². The fourth-order valence-corrected chi connectivity index (χ4v) is 2.00. The molecule has 0 unspecified atom stereocenters. The van der Waals surface area contributed by atoms with Gasteiger partial charge in [-0.05, 0) is 42.0 Å². The van der Waals surface area contributed by atoms with Crippen LogP contribution in [0.5, 0.6) is 17.2 Å². The highest BCUT2D eigenvalue weighted by Gasteiger charge is 2.08. The van der Waals surface area contributed by atoms with Gasteiger partial charge in [0.15, 0.2) is 13.2 Å². The summed E-state index contributed by atoms with van der Waals surface area (Å²) in [6.07, 6.45) is 0. The smallest absolute Gasteiger partial charge is 0.344 e. The summed E-state index contributed by atoms with van der Waals surface area (Å²) in [5.74, 6) is 0.921. The lowest BCUT2D eigenvalue weighted by molar-refractivity contribution is -0.150. The van der Waals surface area contributed by atoms with Crippen LogP contribution in [0.4, 0.5) is 0 Å². The number of rotatable bonds is 9. The molecule has 0 aromatic heterocycles. The molecule has 0 spiro atoms. The second-order valence-electron chi connectivity index (χ2n) is 5.25. The molecule has 0 fully saturated rings. The highest BCUT2D eigenvalue weighted by molar-refractivity contribution is 5.80. The number of carbonyl (C=O) groups is 2. The monoisotopic (exact) mass is 359 g/mol. The van der Waals surface area contributed by atoms with E-state index < -0.39 is 11.9 Å². The van der Waals surface area contributed by atoms with Crippen LogP contribution >= 0.6 is 0 Å². The molecule has 2 aromatic carbocycles. The Balaban J connectivity index is 1.64. The average molecular weight is 359 g/mol. The zero-order chi connectivity index (χ0) is 18.8. The highest BCUT2D eigenvalue weighted by Crippen LogP contribution is 2.16. The lowest BCUT2D eigenvalue weighted by Crippen LogP contribution is -2.29. The second-order valence-corrected chi connectivity index (χ2v) is 5.25. The van der Waals surface area contributed by atoms with Crippen LogP contribution in [-0.2, 0) is 20.9 Å². The molecule has 2 aromatic rings. The Morgan fingerprint density at radius 1 is 0.808 bits per heavy atom. The number of amides is 1. The summed E-state index contributed by atoms with van der Waals surface area (Å²) in [7, 11) is 3.15. The predicted octanol–water partition coefficient (Wildman–Crippen LogP) is 1.94. The zero-order valence-corrected chi connectivity index (χ0v) is 14.7. The minimum Gasteiger partial charge on any atom is -0.497 e. The van der Waals surface area contributed by atoms with Crippen molar-refractivity contribution in [2.45, 2.75) is 6.54 Å². The van der Waals surface area contributed by atoms with Gasteiger partial charge in [-0.25, -0.2) is 4.79 Å². The maximum absolute atomic E-state index is 11.7. The maximum Gasteiger partial charge on any atom is 0.344 e. The topological polar surface area (TPSA) is 83.1 Å². The summed E-state index contributed by atoms with van der Waals surface area (Å²) in [4.78, 5) is 23.3. The number of nitrogens with one attached hydrogen (secondary N) is 1. The molecule has 0 aliphatic carbocycles. The molecule has 0 aliphatic heterocycles.